The van der Waals surface area contributed by atoms with Crippen molar-refractivity contribution in [1.82, 2.24) is 5.32 Å². The first-order valence-electron chi connectivity index (χ1n) is 7.38. The highest BCUT2D eigenvalue weighted by molar-refractivity contribution is 5.67. The SMILES string of the molecule is O=C(NCCCC1CCCC1O)OCc1ccccc1. The van der Waals surface area contributed by atoms with E-state index in [1.165, 1.54) is 0 Å². The van der Waals surface area contributed by atoms with Gasteiger partial charge in [-0.2, -0.15) is 0 Å². The molecule has 2 atom stereocenters. The van der Waals surface area contributed by atoms with Gasteiger partial charge in [0.15, 0.2) is 0 Å². The Hall–Kier alpha value is -1.55. The number of rotatable bonds is 6. The van der Waals surface area contributed by atoms with E-state index in [1.54, 1.807) is 0 Å². The van der Waals surface area contributed by atoms with Crippen molar-refractivity contribution in [2.75, 3.05) is 6.54 Å². The van der Waals surface area contributed by atoms with Crippen LogP contribution < -0.4 is 5.32 Å². The van der Waals surface area contributed by atoms with Crippen LogP contribution in [0, 0.1) is 5.92 Å². The number of aliphatic hydroxyl groups is 1. The largest absolute Gasteiger partial charge is 0.445 e. The van der Waals surface area contributed by atoms with Gasteiger partial charge in [-0.25, -0.2) is 4.79 Å². The molecule has 2 unspecified atom stereocenters. The second kappa shape index (κ2) is 7.90. The average molecular weight is 277 g/mol. The zero-order valence-corrected chi connectivity index (χ0v) is 11.8. The third kappa shape index (κ3) is 4.85. The molecule has 2 rings (SSSR count). The van der Waals surface area contributed by atoms with E-state index >= 15 is 0 Å². The number of alkyl carbamates (subject to hydrolysis) is 1. The summed E-state index contributed by atoms with van der Waals surface area (Å²) < 4.78 is 5.12. The fourth-order valence-corrected chi connectivity index (χ4v) is 2.68. The monoisotopic (exact) mass is 277 g/mol. The quantitative estimate of drug-likeness (QED) is 0.786. The predicted octanol–water partition coefficient (Wildman–Crippen LogP) is 2.85. The maximum absolute atomic E-state index is 11.5. The van der Waals surface area contributed by atoms with Crippen molar-refractivity contribution in [2.24, 2.45) is 5.92 Å². The zero-order chi connectivity index (χ0) is 14.2. The highest BCUT2D eigenvalue weighted by Crippen LogP contribution is 2.28. The fourth-order valence-electron chi connectivity index (χ4n) is 2.68. The first-order valence-corrected chi connectivity index (χ1v) is 7.38. The van der Waals surface area contributed by atoms with E-state index in [1.807, 2.05) is 30.3 Å². The Morgan fingerprint density at radius 1 is 1.30 bits per heavy atom. The summed E-state index contributed by atoms with van der Waals surface area (Å²) >= 11 is 0. The Morgan fingerprint density at radius 2 is 2.10 bits per heavy atom. The van der Waals surface area contributed by atoms with Crippen LogP contribution in [0.1, 0.15) is 37.7 Å². The van der Waals surface area contributed by atoms with Crippen LogP contribution in [0.2, 0.25) is 0 Å². The van der Waals surface area contributed by atoms with E-state index < -0.39 is 0 Å². The third-order valence-electron chi connectivity index (χ3n) is 3.85. The average Bonchev–Trinajstić information content (AvgIpc) is 2.88. The number of carbonyl (C=O) groups is 1. The van der Waals surface area contributed by atoms with Crippen LogP contribution in [0.15, 0.2) is 30.3 Å². The lowest BCUT2D eigenvalue weighted by atomic mass is 10.00. The van der Waals surface area contributed by atoms with Gasteiger partial charge in [-0.3, -0.25) is 0 Å². The molecule has 0 bridgehead atoms. The summed E-state index contributed by atoms with van der Waals surface area (Å²) in [5, 5.41) is 12.4. The van der Waals surface area contributed by atoms with E-state index in [-0.39, 0.29) is 12.2 Å². The van der Waals surface area contributed by atoms with Crippen LogP contribution in [0.25, 0.3) is 0 Å². The van der Waals surface area contributed by atoms with Crippen LogP contribution in [0.5, 0.6) is 0 Å². The number of benzene rings is 1. The summed E-state index contributed by atoms with van der Waals surface area (Å²) in [5.41, 5.74) is 0.983. The van der Waals surface area contributed by atoms with Crippen molar-refractivity contribution >= 4 is 6.09 Å². The molecule has 0 aliphatic heterocycles. The van der Waals surface area contributed by atoms with Crippen LogP contribution in [0.4, 0.5) is 4.79 Å². The number of aliphatic hydroxyl groups excluding tert-OH is 1. The van der Waals surface area contributed by atoms with Crippen molar-refractivity contribution in [3.63, 3.8) is 0 Å². The number of amides is 1. The van der Waals surface area contributed by atoms with Gasteiger partial charge in [0, 0.05) is 6.54 Å². The fraction of sp³-hybridized carbons (Fsp3) is 0.562. The first-order chi connectivity index (χ1) is 9.75. The summed E-state index contributed by atoms with van der Waals surface area (Å²) in [5.74, 6) is 0.414. The molecular weight excluding hydrogens is 254 g/mol. The lowest BCUT2D eigenvalue weighted by molar-refractivity contribution is 0.125. The van der Waals surface area contributed by atoms with Gasteiger partial charge < -0.3 is 15.2 Å². The molecule has 1 fully saturated rings. The molecule has 1 aromatic rings. The molecular formula is C16H23NO3. The molecule has 2 N–H and O–H groups in total. The van der Waals surface area contributed by atoms with Crippen LogP contribution >= 0.6 is 0 Å². The minimum atomic E-state index is -0.374. The van der Waals surface area contributed by atoms with Crippen LogP contribution in [-0.4, -0.2) is 23.8 Å². The summed E-state index contributed by atoms with van der Waals surface area (Å²) in [6.45, 7) is 0.908. The summed E-state index contributed by atoms with van der Waals surface area (Å²) in [7, 11) is 0. The molecule has 4 nitrogen and oxygen atoms in total. The molecule has 1 aliphatic carbocycles. The molecule has 110 valence electrons. The number of ether oxygens (including phenoxy) is 1. The second-order valence-electron chi connectivity index (χ2n) is 5.39. The van der Waals surface area contributed by atoms with Gasteiger partial charge >= 0.3 is 6.09 Å². The molecule has 0 heterocycles. The molecule has 0 aromatic heterocycles. The Bertz CT molecular complexity index is 407. The van der Waals surface area contributed by atoms with E-state index in [0.29, 0.717) is 19.1 Å². The summed E-state index contributed by atoms with van der Waals surface area (Å²) in [6.07, 6.45) is 4.51. The molecule has 1 saturated carbocycles. The molecule has 1 amide bonds. The molecule has 4 heteroatoms. The van der Waals surface area contributed by atoms with Crippen molar-refractivity contribution in [2.45, 2.75) is 44.8 Å². The Balaban J connectivity index is 1.54. The van der Waals surface area contributed by atoms with E-state index in [2.05, 4.69) is 5.32 Å². The van der Waals surface area contributed by atoms with Gasteiger partial charge in [-0.05, 0) is 37.2 Å². The highest BCUT2D eigenvalue weighted by Gasteiger charge is 2.24. The zero-order valence-electron chi connectivity index (χ0n) is 11.8. The molecule has 20 heavy (non-hydrogen) atoms. The standard InChI is InChI=1S/C16H23NO3/c18-15-10-4-8-14(15)9-5-11-17-16(19)20-12-13-6-2-1-3-7-13/h1-3,6-7,14-15,18H,4-5,8-12H2,(H,17,19). The van der Waals surface area contributed by atoms with E-state index in [4.69, 9.17) is 4.74 Å². The summed E-state index contributed by atoms with van der Waals surface area (Å²) in [4.78, 5) is 11.5. The summed E-state index contributed by atoms with van der Waals surface area (Å²) in [6, 6.07) is 9.62. The lowest BCUT2D eigenvalue weighted by Gasteiger charge is -2.14. The van der Waals surface area contributed by atoms with Crippen molar-refractivity contribution in [3.05, 3.63) is 35.9 Å². The van der Waals surface area contributed by atoms with Gasteiger partial charge in [-0.15, -0.1) is 0 Å². The molecule has 0 radical (unpaired) electrons. The first kappa shape index (κ1) is 14.9. The van der Waals surface area contributed by atoms with Crippen molar-refractivity contribution in [3.8, 4) is 0 Å². The number of nitrogens with one attached hydrogen (secondary N) is 1. The number of carbonyl (C=O) groups excluding carboxylic acids is 1. The van der Waals surface area contributed by atoms with Gasteiger partial charge in [-0.1, -0.05) is 36.8 Å². The number of hydrogen-bond donors (Lipinski definition) is 2. The van der Waals surface area contributed by atoms with Gasteiger partial charge in [0.25, 0.3) is 0 Å². The van der Waals surface area contributed by atoms with Crippen molar-refractivity contribution in [1.29, 1.82) is 0 Å². The van der Waals surface area contributed by atoms with Crippen LogP contribution in [0.3, 0.4) is 0 Å². The third-order valence-corrected chi connectivity index (χ3v) is 3.85. The minimum absolute atomic E-state index is 0.139. The topological polar surface area (TPSA) is 58.6 Å². The van der Waals surface area contributed by atoms with Gasteiger partial charge in [0.1, 0.15) is 6.61 Å². The van der Waals surface area contributed by atoms with Gasteiger partial charge in [0.2, 0.25) is 0 Å². The smallest absolute Gasteiger partial charge is 0.407 e. The predicted molar refractivity (Wildman–Crippen MR) is 77.2 cm³/mol. The Kier molecular flexibility index (Phi) is 5.87. The molecule has 1 aromatic carbocycles. The lowest BCUT2D eigenvalue weighted by Crippen LogP contribution is -2.26. The van der Waals surface area contributed by atoms with E-state index in [9.17, 15) is 9.90 Å². The maximum atomic E-state index is 11.5. The minimum Gasteiger partial charge on any atom is -0.445 e. The Morgan fingerprint density at radius 3 is 2.80 bits per heavy atom. The van der Waals surface area contributed by atoms with Crippen LogP contribution in [-0.2, 0) is 11.3 Å². The Labute approximate surface area is 120 Å². The van der Waals surface area contributed by atoms with E-state index in [0.717, 1.165) is 37.7 Å². The molecule has 1 aliphatic rings. The highest BCUT2D eigenvalue weighted by atomic mass is 16.5. The second-order valence-corrected chi connectivity index (χ2v) is 5.39. The van der Waals surface area contributed by atoms with Gasteiger partial charge in [0.05, 0.1) is 6.10 Å². The maximum Gasteiger partial charge on any atom is 0.407 e. The normalized spacial score (nSPS) is 21.6. The molecule has 0 saturated heterocycles. The molecule has 0 spiro atoms. The number of hydrogen-bond acceptors (Lipinski definition) is 3. The van der Waals surface area contributed by atoms with Crippen molar-refractivity contribution < 1.29 is 14.6 Å².